The average molecular weight is 247 g/mol. The van der Waals surface area contributed by atoms with Crippen LogP contribution in [0.3, 0.4) is 0 Å². The Labute approximate surface area is 108 Å². The Morgan fingerprint density at radius 1 is 1.33 bits per heavy atom. The lowest BCUT2D eigenvalue weighted by atomic mass is 9.99. The fourth-order valence-corrected chi connectivity index (χ4v) is 2.45. The van der Waals surface area contributed by atoms with Gasteiger partial charge in [-0.3, -0.25) is 0 Å². The molecular weight excluding hydrogens is 226 g/mol. The van der Waals surface area contributed by atoms with Crippen LogP contribution in [0.5, 0.6) is 0 Å². The van der Waals surface area contributed by atoms with E-state index in [0.717, 1.165) is 23.8 Å². The molecule has 0 spiro atoms. The molecule has 2 aromatic rings. The van der Waals surface area contributed by atoms with Gasteiger partial charge in [0.05, 0.1) is 0 Å². The van der Waals surface area contributed by atoms with Gasteiger partial charge in [-0.1, -0.05) is 0 Å². The maximum Gasteiger partial charge on any atom is 0.110 e. The first-order valence-electron chi connectivity index (χ1n) is 6.24. The van der Waals surface area contributed by atoms with Crippen LogP contribution in [0.25, 0.3) is 0 Å². The number of aryl methyl sites for hydroxylation is 3. The fourth-order valence-electron chi connectivity index (χ4n) is 2.45. The molecule has 0 aromatic carbocycles. The van der Waals surface area contributed by atoms with E-state index in [-0.39, 0.29) is 6.04 Å². The number of nitrogens with zero attached hydrogens (tertiary/aromatic N) is 2. The Kier molecular flexibility index (Phi) is 3.57. The van der Waals surface area contributed by atoms with Crippen molar-refractivity contribution < 1.29 is 4.42 Å². The predicted octanol–water partition coefficient (Wildman–Crippen LogP) is 2.44. The highest BCUT2D eigenvalue weighted by molar-refractivity contribution is 5.34. The Bertz CT molecular complexity index is 539. The molecule has 0 radical (unpaired) electrons. The van der Waals surface area contributed by atoms with Crippen LogP contribution in [0.4, 0.5) is 0 Å². The lowest BCUT2D eigenvalue weighted by Gasteiger charge is -2.16. The van der Waals surface area contributed by atoms with Gasteiger partial charge in [0.25, 0.3) is 0 Å². The predicted molar refractivity (Wildman–Crippen MR) is 71.6 cm³/mol. The zero-order chi connectivity index (χ0) is 13.3. The van der Waals surface area contributed by atoms with Crippen molar-refractivity contribution in [3.63, 3.8) is 0 Å². The summed E-state index contributed by atoms with van der Waals surface area (Å²) in [5, 5.41) is 3.37. The lowest BCUT2D eigenvalue weighted by Crippen LogP contribution is -2.21. The summed E-state index contributed by atoms with van der Waals surface area (Å²) < 4.78 is 7.77. The van der Waals surface area contributed by atoms with E-state index in [4.69, 9.17) is 4.42 Å². The average Bonchev–Trinajstić information content (AvgIpc) is 2.83. The van der Waals surface area contributed by atoms with Gasteiger partial charge in [0, 0.05) is 37.5 Å². The maximum absolute atomic E-state index is 5.71. The summed E-state index contributed by atoms with van der Waals surface area (Å²) in [6.07, 6.45) is 4.67. The molecule has 4 heteroatoms. The zero-order valence-electron chi connectivity index (χ0n) is 11.7. The monoisotopic (exact) mass is 247 g/mol. The van der Waals surface area contributed by atoms with Crippen LogP contribution in [0.15, 0.2) is 16.8 Å². The van der Waals surface area contributed by atoms with E-state index in [1.54, 1.807) is 0 Å². The Balaban J connectivity index is 2.31. The molecule has 98 valence electrons. The molecule has 1 atom stereocenters. The zero-order valence-corrected chi connectivity index (χ0v) is 11.7. The first kappa shape index (κ1) is 12.9. The third-order valence-electron chi connectivity index (χ3n) is 3.62. The molecule has 0 saturated heterocycles. The molecule has 0 amide bonds. The molecule has 0 saturated carbocycles. The molecule has 2 aromatic heterocycles. The number of hydrogen-bond acceptors (Lipinski definition) is 3. The van der Waals surface area contributed by atoms with Crippen molar-refractivity contribution in [2.75, 3.05) is 7.05 Å². The van der Waals surface area contributed by atoms with E-state index in [1.165, 1.54) is 11.1 Å². The number of aromatic nitrogens is 2. The number of likely N-dealkylation sites (N-methyl/N-ethyl adjacent to an activating group) is 1. The quantitative estimate of drug-likeness (QED) is 0.902. The van der Waals surface area contributed by atoms with Gasteiger partial charge in [0.1, 0.15) is 17.3 Å². The number of rotatable bonds is 4. The Morgan fingerprint density at radius 2 is 2.06 bits per heavy atom. The van der Waals surface area contributed by atoms with Crippen molar-refractivity contribution in [1.82, 2.24) is 14.9 Å². The van der Waals surface area contributed by atoms with Crippen LogP contribution >= 0.6 is 0 Å². The van der Waals surface area contributed by atoms with E-state index < -0.39 is 0 Å². The van der Waals surface area contributed by atoms with Gasteiger partial charge in [-0.05, 0) is 33.4 Å². The summed E-state index contributed by atoms with van der Waals surface area (Å²) in [5.74, 6) is 3.08. The van der Waals surface area contributed by atoms with Crippen LogP contribution in [0.1, 0.15) is 34.5 Å². The van der Waals surface area contributed by atoms with Gasteiger partial charge in [-0.2, -0.15) is 0 Å². The topological polar surface area (TPSA) is 43.0 Å². The van der Waals surface area contributed by atoms with Gasteiger partial charge in [-0.25, -0.2) is 4.98 Å². The molecule has 0 aliphatic heterocycles. The lowest BCUT2D eigenvalue weighted by molar-refractivity contribution is 0.487. The molecule has 2 heterocycles. The molecular formula is C14H21N3O. The third kappa shape index (κ3) is 2.20. The molecule has 0 aliphatic carbocycles. The molecule has 1 unspecified atom stereocenters. The normalized spacial score (nSPS) is 12.9. The molecule has 18 heavy (non-hydrogen) atoms. The van der Waals surface area contributed by atoms with Gasteiger partial charge in [0.2, 0.25) is 0 Å². The highest BCUT2D eigenvalue weighted by atomic mass is 16.3. The standard InChI is InChI=1S/C14H21N3O/c1-9-10(2)18-11(3)14(9)12(15-4)8-13-16-6-7-17(13)5/h6-7,12,15H,8H2,1-5H3. The molecule has 0 bridgehead atoms. The van der Waals surface area contributed by atoms with Crippen molar-refractivity contribution in [1.29, 1.82) is 0 Å². The first-order chi connectivity index (χ1) is 8.54. The molecule has 2 rings (SSSR count). The summed E-state index contributed by atoms with van der Waals surface area (Å²) in [5.41, 5.74) is 2.50. The van der Waals surface area contributed by atoms with Crippen molar-refractivity contribution in [2.45, 2.75) is 33.2 Å². The third-order valence-corrected chi connectivity index (χ3v) is 3.62. The van der Waals surface area contributed by atoms with Gasteiger partial charge < -0.3 is 14.3 Å². The number of furan rings is 1. The number of imidazole rings is 1. The van der Waals surface area contributed by atoms with E-state index in [1.807, 2.05) is 40.3 Å². The minimum atomic E-state index is 0.239. The molecule has 0 fully saturated rings. The Hall–Kier alpha value is -1.55. The summed E-state index contributed by atoms with van der Waals surface area (Å²) in [4.78, 5) is 4.39. The number of hydrogen-bond donors (Lipinski definition) is 1. The maximum atomic E-state index is 5.71. The van der Waals surface area contributed by atoms with Crippen LogP contribution in [0, 0.1) is 20.8 Å². The fraction of sp³-hybridized carbons (Fsp3) is 0.500. The van der Waals surface area contributed by atoms with Crippen molar-refractivity contribution in [3.8, 4) is 0 Å². The van der Waals surface area contributed by atoms with Crippen LogP contribution in [0.2, 0.25) is 0 Å². The van der Waals surface area contributed by atoms with Gasteiger partial charge in [-0.15, -0.1) is 0 Å². The minimum absolute atomic E-state index is 0.239. The molecule has 4 nitrogen and oxygen atoms in total. The van der Waals surface area contributed by atoms with E-state index >= 15 is 0 Å². The number of nitrogens with one attached hydrogen (secondary N) is 1. The summed E-state index contributed by atoms with van der Waals surface area (Å²) >= 11 is 0. The second kappa shape index (κ2) is 4.98. The highest BCUT2D eigenvalue weighted by Crippen LogP contribution is 2.28. The largest absolute Gasteiger partial charge is 0.466 e. The van der Waals surface area contributed by atoms with Crippen molar-refractivity contribution in [3.05, 3.63) is 40.9 Å². The second-order valence-electron chi connectivity index (χ2n) is 4.75. The van der Waals surface area contributed by atoms with E-state index in [0.29, 0.717) is 0 Å². The SMILES string of the molecule is CNC(Cc1nccn1C)c1c(C)oc(C)c1C. The Morgan fingerprint density at radius 3 is 2.50 bits per heavy atom. The van der Waals surface area contributed by atoms with Crippen LogP contribution in [-0.2, 0) is 13.5 Å². The second-order valence-corrected chi connectivity index (χ2v) is 4.75. The highest BCUT2D eigenvalue weighted by Gasteiger charge is 2.21. The van der Waals surface area contributed by atoms with Crippen molar-refractivity contribution in [2.24, 2.45) is 7.05 Å². The molecule has 1 N–H and O–H groups in total. The summed E-state index contributed by atoms with van der Waals surface area (Å²) in [6.45, 7) is 6.15. The first-order valence-corrected chi connectivity index (χ1v) is 6.24. The van der Waals surface area contributed by atoms with Crippen molar-refractivity contribution >= 4 is 0 Å². The van der Waals surface area contributed by atoms with Crippen LogP contribution < -0.4 is 5.32 Å². The summed E-state index contributed by atoms with van der Waals surface area (Å²) in [6, 6.07) is 0.239. The minimum Gasteiger partial charge on any atom is -0.466 e. The van der Waals surface area contributed by atoms with E-state index in [2.05, 4.69) is 21.8 Å². The van der Waals surface area contributed by atoms with Gasteiger partial charge in [0.15, 0.2) is 0 Å². The summed E-state index contributed by atoms with van der Waals surface area (Å²) in [7, 11) is 4.00. The van der Waals surface area contributed by atoms with Crippen LogP contribution in [-0.4, -0.2) is 16.6 Å². The molecule has 0 aliphatic rings. The van der Waals surface area contributed by atoms with E-state index in [9.17, 15) is 0 Å². The smallest absolute Gasteiger partial charge is 0.110 e. The van der Waals surface area contributed by atoms with Gasteiger partial charge >= 0.3 is 0 Å².